The van der Waals surface area contributed by atoms with Crippen LogP contribution < -0.4 is 4.72 Å². The molecule has 1 aromatic heterocycles. The van der Waals surface area contributed by atoms with Gasteiger partial charge in [0.25, 0.3) is 0 Å². The summed E-state index contributed by atoms with van der Waals surface area (Å²) in [6.45, 7) is 0.0178. The lowest BCUT2D eigenvalue weighted by Gasteiger charge is -2.11. The predicted octanol–water partition coefficient (Wildman–Crippen LogP) is 3.90. The molecule has 21 heavy (non-hydrogen) atoms. The molecule has 2 rings (SSSR count). The Bertz CT molecular complexity index is 727. The molecule has 114 valence electrons. The maximum absolute atomic E-state index is 12.7. The molecule has 0 aliphatic rings. The van der Waals surface area contributed by atoms with Gasteiger partial charge in [-0.05, 0) is 29.6 Å². The smallest absolute Gasteiger partial charge is 0.207 e. The summed E-state index contributed by atoms with van der Waals surface area (Å²) < 4.78 is 64.4. The summed E-state index contributed by atoms with van der Waals surface area (Å²) in [5.74, 6) is 0. The molecule has 0 atom stereocenters. The zero-order chi connectivity index (χ0) is 15.7. The van der Waals surface area contributed by atoms with Crippen molar-refractivity contribution in [3.05, 3.63) is 51.2 Å². The number of benzene rings is 1. The number of sulfonamides is 1. The second-order valence-electron chi connectivity index (χ2n) is 4.04. The van der Waals surface area contributed by atoms with Crippen LogP contribution in [-0.2, 0) is 22.7 Å². The molecular weight excluding hydrogens is 347 g/mol. The summed E-state index contributed by atoms with van der Waals surface area (Å²) in [6.07, 6.45) is -4.71. The van der Waals surface area contributed by atoms with Gasteiger partial charge in [-0.15, -0.1) is 11.3 Å². The van der Waals surface area contributed by atoms with Crippen molar-refractivity contribution in [1.82, 2.24) is 4.72 Å². The summed E-state index contributed by atoms with van der Waals surface area (Å²) in [4.78, 5) is 0.277. The third-order valence-corrected chi connectivity index (χ3v) is 5.17. The Kier molecular flexibility index (Phi) is 4.62. The Hall–Kier alpha value is -1.09. The van der Waals surface area contributed by atoms with Crippen molar-refractivity contribution in [2.45, 2.75) is 17.6 Å². The largest absolute Gasteiger partial charge is 0.417 e. The zero-order valence-corrected chi connectivity index (χ0v) is 12.7. The highest BCUT2D eigenvalue weighted by Gasteiger charge is 2.34. The average molecular weight is 356 g/mol. The van der Waals surface area contributed by atoms with Crippen LogP contribution in [0.3, 0.4) is 0 Å². The van der Waals surface area contributed by atoms with Gasteiger partial charge in [0.1, 0.15) is 0 Å². The highest BCUT2D eigenvalue weighted by atomic mass is 35.5. The van der Waals surface area contributed by atoms with Crippen molar-refractivity contribution in [3.63, 3.8) is 0 Å². The molecule has 1 aromatic carbocycles. The van der Waals surface area contributed by atoms with E-state index < -0.39 is 31.7 Å². The van der Waals surface area contributed by atoms with E-state index in [0.717, 1.165) is 17.0 Å². The van der Waals surface area contributed by atoms with Crippen LogP contribution in [0.25, 0.3) is 0 Å². The molecule has 0 fully saturated rings. The molecule has 9 heteroatoms. The minimum absolute atomic E-state index is 0.0178. The van der Waals surface area contributed by atoms with Crippen LogP contribution in [0, 0.1) is 0 Å². The van der Waals surface area contributed by atoms with Crippen LogP contribution in [0.1, 0.15) is 10.4 Å². The maximum Gasteiger partial charge on any atom is 0.417 e. The lowest BCUT2D eigenvalue weighted by atomic mass is 10.2. The lowest BCUT2D eigenvalue weighted by Crippen LogP contribution is -2.23. The molecular formula is C12H9ClF3NO2S2. The number of halogens is 4. The van der Waals surface area contributed by atoms with Crippen molar-refractivity contribution < 1.29 is 21.6 Å². The van der Waals surface area contributed by atoms with Crippen LogP contribution in [0.2, 0.25) is 5.02 Å². The minimum atomic E-state index is -4.71. The molecule has 0 unspecified atom stereocenters. The predicted molar refractivity (Wildman–Crippen MR) is 74.8 cm³/mol. The maximum atomic E-state index is 12.7. The van der Waals surface area contributed by atoms with E-state index in [1.165, 1.54) is 11.3 Å². The first-order valence-corrected chi connectivity index (χ1v) is 8.33. The molecule has 0 saturated heterocycles. The summed E-state index contributed by atoms with van der Waals surface area (Å²) in [6, 6.07) is 5.95. The summed E-state index contributed by atoms with van der Waals surface area (Å²) in [5, 5.41) is 1.23. The second kappa shape index (κ2) is 5.96. The molecule has 0 spiro atoms. The van der Waals surface area contributed by atoms with Gasteiger partial charge in [-0.1, -0.05) is 17.7 Å². The lowest BCUT2D eigenvalue weighted by molar-refractivity contribution is -0.137. The number of thiophene rings is 1. The quantitative estimate of drug-likeness (QED) is 0.904. The number of rotatable bonds is 4. The number of hydrogen-bond donors (Lipinski definition) is 1. The van der Waals surface area contributed by atoms with Gasteiger partial charge < -0.3 is 0 Å². The molecule has 0 radical (unpaired) electrons. The van der Waals surface area contributed by atoms with Gasteiger partial charge in [0, 0.05) is 11.4 Å². The SMILES string of the molecule is O=S(=O)(NCc1cccs1)c1ccc(Cl)c(C(F)(F)F)c1. The molecule has 3 nitrogen and oxygen atoms in total. The number of hydrogen-bond acceptors (Lipinski definition) is 3. The Morgan fingerprint density at radius 3 is 2.52 bits per heavy atom. The van der Waals surface area contributed by atoms with Crippen LogP contribution in [0.15, 0.2) is 40.6 Å². The Balaban J connectivity index is 2.28. The molecule has 1 heterocycles. The summed E-state index contributed by atoms with van der Waals surface area (Å²) in [5.41, 5.74) is -1.18. The first-order chi connectivity index (χ1) is 9.70. The number of nitrogens with one attached hydrogen (secondary N) is 1. The first kappa shape index (κ1) is 16.3. The van der Waals surface area contributed by atoms with Gasteiger partial charge in [0.2, 0.25) is 10.0 Å². The fourth-order valence-electron chi connectivity index (χ4n) is 1.55. The molecule has 0 saturated carbocycles. The van der Waals surface area contributed by atoms with Gasteiger partial charge in [-0.3, -0.25) is 0 Å². The van der Waals surface area contributed by atoms with Crippen molar-refractivity contribution in [1.29, 1.82) is 0 Å². The average Bonchev–Trinajstić information content (AvgIpc) is 2.88. The topological polar surface area (TPSA) is 46.2 Å². The molecule has 0 bridgehead atoms. The Morgan fingerprint density at radius 1 is 1.24 bits per heavy atom. The fourth-order valence-corrected chi connectivity index (χ4v) is 3.54. The van der Waals surface area contributed by atoms with E-state index in [0.29, 0.717) is 6.07 Å². The van der Waals surface area contributed by atoms with E-state index in [4.69, 9.17) is 11.6 Å². The van der Waals surface area contributed by atoms with E-state index >= 15 is 0 Å². The van der Waals surface area contributed by atoms with Gasteiger partial charge in [-0.2, -0.15) is 13.2 Å². The second-order valence-corrected chi connectivity index (χ2v) is 7.25. The van der Waals surface area contributed by atoms with E-state index in [9.17, 15) is 21.6 Å². The van der Waals surface area contributed by atoms with Gasteiger partial charge >= 0.3 is 6.18 Å². The van der Waals surface area contributed by atoms with Gasteiger partial charge in [0.15, 0.2) is 0 Å². The zero-order valence-electron chi connectivity index (χ0n) is 10.3. The first-order valence-electron chi connectivity index (χ1n) is 5.59. The van der Waals surface area contributed by atoms with E-state index in [-0.39, 0.29) is 6.54 Å². The van der Waals surface area contributed by atoms with Crippen molar-refractivity contribution in [2.75, 3.05) is 0 Å². The van der Waals surface area contributed by atoms with E-state index in [2.05, 4.69) is 4.72 Å². The monoisotopic (exact) mass is 355 g/mol. The van der Waals surface area contributed by atoms with Crippen molar-refractivity contribution >= 4 is 33.0 Å². The summed E-state index contributed by atoms with van der Waals surface area (Å²) >= 11 is 6.80. The van der Waals surface area contributed by atoms with Crippen molar-refractivity contribution in [3.8, 4) is 0 Å². The van der Waals surface area contributed by atoms with Crippen LogP contribution in [-0.4, -0.2) is 8.42 Å². The van der Waals surface area contributed by atoms with E-state index in [1.54, 1.807) is 17.5 Å². The fraction of sp³-hybridized carbons (Fsp3) is 0.167. The molecule has 1 N–H and O–H groups in total. The van der Waals surface area contributed by atoms with Gasteiger partial charge in [0.05, 0.1) is 15.5 Å². The highest BCUT2D eigenvalue weighted by Crippen LogP contribution is 2.35. The summed E-state index contributed by atoms with van der Waals surface area (Å²) in [7, 11) is -4.04. The van der Waals surface area contributed by atoms with Crippen LogP contribution in [0.4, 0.5) is 13.2 Å². The third-order valence-electron chi connectivity index (χ3n) is 2.57. The van der Waals surface area contributed by atoms with Crippen LogP contribution in [0.5, 0.6) is 0 Å². The highest BCUT2D eigenvalue weighted by molar-refractivity contribution is 7.89. The van der Waals surface area contributed by atoms with E-state index in [1.807, 2.05) is 0 Å². The Morgan fingerprint density at radius 2 is 1.95 bits per heavy atom. The third kappa shape index (κ3) is 3.97. The normalized spacial score (nSPS) is 12.6. The Labute approximate surface area is 128 Å². The number of alkyl halides is 3. The molecule has 0 amide bonds. The minimum Gasteiger partial charge on any atom is -0.207 e. The van der Waals surface area contributed by atoms with Crippen molar-refractivity contribution in [2.24, 2.45) is 0 Å². The molecule has 2 aromatic rings. The van der Waals surface area contributed by atoms with Crippen LogP contribution >= 0.6 is 22.9 Å². The van der Waals surface area contributed by atoms with Gasteiger partial charge in [-0.25, -0.2) is 13.1 Å². The standard InChI is InChI=1S/C12H9ClF3NO2S2/c13-11-4-3-9(6-10(11)12(14,15)16)21(18,19)17-7-8-2-1-5-20-8/h1-6,17H,7H2. The molecule has 0 aliphatic heterocycles. The molecule has 0 aliphatic carbocycles.